The van der Waals surface area contributed by atoms with Crippen LogP contribution in [0.2, 0.25) is 5.02 Å². The number of rotatable bonds is 6. The molecule has 0 aliphatic carbocycles. The maximum absolute atomic E-state index is 12.6. The van der Waals surface area contributed by atoms with Gasteiger partial charge in [0.2, 0.25) is 5.91 Å². The van der Waals surface area contributed by atoms with Crippen LogP contribution in [0.15, 0.2) is 58.5 Å². The fourth-order valence-corrected chi connectivity index (χ4v) is 3.68. The summed E-state index contributed by atoms with van der Waals surface area (Å²) in [6.45, 7) is 1.69. The first kappa shape index (κ1) is 21.4. The Morgan fingerprint density at radius 1 is 1.30 bits per heavy atom. The predicted molar refractivity (Wildman–Crippen MR) is 117 cm³/mol. The maximum Gasteiger partial charge on any atom is 0.270 e. The lowest BCUT2D eigenvalue weighted by Crippen LogP contribution is -2.23. The number of nitrogens with one attached hydrogen (secondary N) is 2. The Labute approximate surface area is 182 Å². The minimum absolute atomic E-state index is 0.0736. The molecule has 3 aromatic rings. The molecule has 7 nitrogen and oxygen atoms in total. The maximum atomic E-state index is 12.6. The molecule has 1 aromatic heterocycles. The molecule has 1 heterocycles. The van der Waals surface area contributed by atoms with E-state index in [0.717, 1.165) is 11.8 Å². The van der Waals surface area contributed by atoms with E-state index in [1.165, 1.54) is 7.11 Å². The molecule has 0 saturated carbocycles. The second kappa shape index (κ2) is 9.48. The monoisotopic (exact) mass is 440 g/mol. The Hall–Kier alpha value is -3.28. The lowest BCUT2D eigenvalue weighted by molar-refractivity contribution is -0.115. The zero-order valence-corrected chi connectivity index (χ0v) is 17.7. The summed E-state index contributed by atoms with van der Waals surface area (Å²) in [6.07, 6.45) is 0. The van der Waals surface area contributed by atoms with Gasteiger partial charge in [-0.2, -0.15) is 5.26 Å². The smallest absolute Gasteiger partial charge is 0.270 e. The Bertz CT molecular complexity index is 1180. The van der Waals surface area contributed by atoms with Crippen LogP contribution in [0.1, 0.15) is 12.5 Å². The Balaban J connectivity index is 1.81. The van der Waals surface area contributed by atoms with Gasteiger partial charge >= 0.3 is 0 Å². The molecule has 30 heavy (non-hydrogen) atoms. The fraction of sp³-hybridized carbons (Fsp3) is 0.143. The van der Waals surface area contributed by atoms with Gasteiger partial charge in [-0.3, -0.25) is 9.59 Å². The first-order chi connectivity index (χ1) is 14.4. The van der Waals surface area contributed by atoms with E-state index in [4.69, 9.17) is 16.3 Å². The van der Waals surface area contributed by atoms with E-state index in [1.807, 2.05) is 12.1 Å². The summed E-state index contributed by atoms with van der Waals surface area (Å²) in [5, 5.41) is 12.2. The van der Waals surface area contributed by atoms with Crippen molar-refractivity contribution in [3.8, 4) is 23.1 Å². The average Bonchev–Trinajstić information content (AvgIpc) is 2.74. The molecule has 0 spiro atoms. The molecule has 0 saturated heterocycles. The highest BCUT2D eigenvalue weighted by atomic mass is 35.5. The van der Waals surface area contributed by atoms with Gasteiger partial charge < -0.3 is 15.0 Å². The zero-order chi connectivity index (χ0) is 21.7. The van der Waals surface area contributed by atoms with Crippen LogP contribution >= 0.6 is 23.4 Å². The van der Waals surface area contributed by atoms with Crippen molar-refractivity contribution in [3.05, 3.63) is 69.5 Å². The van der Waals surface area contributed by atoms with Crippen molar-refractivity contribution in [1.29, 1.82) is 5.26 Å². The van der Waals surface area contributed by atoms with E-state index >= 15 is 0 Å². The number of hydrogen-bond donors (Lipinski definition) is 2. The Kier molecular flexibility index (Phi) is 6.77. The molecule has 1 atom stereocenters. The quantitative estimate of drug-likeness (QED) is 0.441. The summed E-state index contributed by atoms with van der Waals surface area (Å²) in [5.41, 5.74) is 0.814. The third-order valence-electron chi connectivity index (χ3n) is 4.13. The van der Waals surface area contributed by atoms with Crippen molar-refractivity contribution in [1.82, 2.24) is 9.97 Å². The number of amides is 1. The van der Waals surface area contributed by atoms with Crippen LogP contribution in [0.25, 0.3) is 11.3 Å². The van der Waals surface area contributed by atoms with Crippen molar-refractivity contribution in [3.63, 3.8) is 0 Å². The molecule has 0 aliphatic rings. The first-order valence-electron chi connectivity index (χ1n) is 8.83. The molecule has 0 radical (unpaired) electrons. The van der Waals surface area contributed by atoms with Crippen LogP contribution in [-0.4, -0.2) is 28.2 Å². The van der Waals surface area contributed by atoms with Crippen molar-refractivity contribution in [2.45, 2.75) is 17.3 Å². The highest BCUT2D eigenvalue weighted by Gasteiger charge is 2.19. The minimum atomic E-state index is -0.578. The summed E-state index contributed by atoms with van der Waals surface area (Å²) in [7, 11) is 1.51. The van der Waals surface area contributed by atoms with Gasteiger partial charge in [-0.05, 0) is 25.1 Å². The number of ether oxygens (including phenoxy) is 1. The van der Waals surface area contributed by atoms with Crippen LogP contribution in [0, 0.1) is 11.3 Å². The third-order valence-corrected chi connectivity index (χ3v) is 5.41. The van der Waals surface area contributed by atoms with Crippen molar-refractivity contribution >= 4 is 35.0 Å². The van der Waals surface area contributed by atoms with Crippen molar-refractivity contribution in [2.24, 2.45) is 0 Å². The molecule has 0 unspecified atom stereocenters. The number of halogens is 1. The minimum Gasteiger partial charge on any atom is -0.495 e. The van der Waals surface area contributed by atoms with Crippen LogP contribution in [0.4, 0.5) is 5.69 Å². The third kappa shape index (κ3) is 4.82. The summed E-state index contributed by atoms with van der Waals surface area (Å²) >= 11 is 7.17. The molecular formula is C21H17ClN4O3S. The molecule has 2 aromatic carbocycles. The largest absolute Gasteiger partial charge is 0.495 e. The summed E-state index contributed by atoms with van der Waals surface area (Å²) in [5.74, 6) is 0.208. The van der Waals surface area contributed by atoms with Crippen molar-refractivity contribution in [2.75, 3.05) is 12.4 Å². The van der Waals surface area contributed by atoms with Gasteiger partial charge in [0.15, 0.2) is 5.16 Å². The van der Waals surface area contributed by atoms with Gasteiger partial charge in [0, 0.05) is 11.3 Å². The molecule has 0 aliphatic heterocycles. The molecule has 1 amide bonds. The highest BCUT2D eigenvalue weighted by molar-refractivity contribution is 8.00. The van der Waals surface area contributed by atoms with E-state index in [9.17, 15) is 14.9 Å². The molecule has 2 N–H and O–H groups in total. The number of anilines is 1. The lowest BCUT2D eigenvalue weighted by Gasteiger charge is -2.13. The SMILES string of the molecule is COc1ccc(NC(=O)[C@@H](C)Sc2nc(-c3ccccc3)c(C#N)c(=O)[nH]2)cc1Cl. The Morgan fingerprint density at radius 2 is 2.03 bits per heavy atom. The zero-order valence-electron chi connectivity index (χ0n) is 16.1. The topological polar surface area (TPSA) is 108 Å². The molecular weight excluding hydrogens is 424 g/mol. The van der Waals surface area contributed by atoms with Crippen LogP contribution < -0.4 is 15.6 Å². The lowest BCUT2D eigenvalue weighted by atomic mass is 10.1. The molecule has 0 bridgehead atoms. The van der Waals surface area contributed by atoms with Crippen molar-refractivity contribution < 1.29 is 9.53 Å². The number of hydrogen-bond acceptors (Lipinski definition) is 6. The number of H-pyrrole nitrogens is 1. The average molecular weight is 441 g/mol. The fourth-order valence-electron chi connectivity index (χ4n) is 2.63. The van der Waals surface area contributed by atoms with Crippen LogP contribution in [0.5, 0.6) is 5.75 Å². The highest BCUT2D eigenvalue weighted by Crippen LogP contribution is 2.28. The summed E-state index contributed by atoms with van der Waals surface area (Å²) in [4.78, 5) is 31.9. The van der Waals surface area contributed by atoms with E-state index in [0.29, 0.717) is 22.0 Å². The number of nitrogens with zero attached hydrogens (tertiary/aromatic N) is 2. The normalized spacial score (nSPS) is 11.4. The van der Waals surface area contributed by atoms with Gasteiger partial charge in [0.05, 0.1) is 23.1 Å². The van der Waals surface area contributed by atoms with Crippen LogP contribution in [0.3, 0.4) is 0 Å². The van der Waals surface area contributed by atoms with E-state index < -0.39 is 10.8 Å². The van der Waals surface area contributed by atoms with Gasteiger partial charge in [-0.1, -0.05) is 53.7 Å². The van der Waals surface area contributed by atoms with Crippen LogP contribution in [-0.2, 0) is 4.79 Å². The number of carbonyl (C=O) groups excluding carboxylic acids is 1. The van der Waals surface area contributed by atoms with Gasteiger partial charge in [-0.25, -0.2) is 4.98 Å². The van der Waals surface area contributed by atoms with Gasteiger partial charge in [0.1, 0.15) is 17.4 Å². The number of aromatic amines is 1. The van der Waals surface area contributed by atoms with Gasteiger partial charge in [0.25, 0.3) is 5.56 Å². The number of thioether (sulfide) groups is 1. The van der Waals surface area contributed by atoms with E-state index in [-0.39, 0.29) is 22.3 Å². The summed E-state index contributed by atoms with van der Waals surface area (Å²) in [6, 6.07) is 15.8. The van der Waals surface area contributed by atoms with E-state index in [2.05, 4.69) is 15.3 Å². The number of aromatic nitrogens is 2. The van der Waals surface area contributed by atoms with Gasteiger partial charge in [-0.15, -0.1) is 0 Å². The number of methoxy groups -OCH3 is 1. The standard InChI is InChI=1S/C21H17ClN4O3S/c1-12(19(27)24-14-8-9-17(29-2)16(22)10-14)30-21-25-18(13-6-4-3-5-7-13)15(11-23)20(28)26-21/h3-10,12H,1-2H3,(H,24,27)(H,25,26,28)/t12-/m1/s1. The second-order valence-electron chi connectivity index (χ2n) is 6.17. The number of carbonyl (C=O) groups is 1. The molecule has 152 valence electrons. The first-order valence-corrected chi connectivity index (χ1v) is 10.1. The van der Waals surface area contributed by atoms with E-state index in [1.54, 1.807) is 49.4 Å². The number of benzene rings is 2. The second-order valence-corrected chi connectivity index (χ2v) is 7.91. The molecule has 3 rings (SSSR count). The number of nitriles is 1. The molecule has 9 heteroatoms. The molecule has 0 fully saturated rings. The summed E-state index contributed by atoms with van der Waals surface area (Å²) < 4.78 is 5.10. The predicted octanol–water partition coefficient (Wildman–Crippen LogP) is 4.09. The Morgan fingerprint density at radius 3 is 2.67 bits per heavy atom.